The van der Waals surface area contributed by atoms with Crippen LogP contribution in [0, 0.1) is 0 Å². The maximum absolute atomic E-state index is 13.5. The molecule has 3 heterocycles. The zero-order valence-electron chi connectivity index (χ0n) is 24.5. The molecule has 0 aliphatic carbocycles. The van der Waals surface area contributed by atoms with Gasteiger partial charge in [0, 0.05) is 49.7 Å². The zero-order valence-corrected chi connectivity index (χ0v) is 26.2. The van der Waals surface area contributed by atoms with Crippen molar-refractivity contribution in [1.82, 2.24) is 24.3 Å². The highest BCUT2D eigenvalue weighted by atomic mass is 32.2. The van der Waals surface area contributed by atoms with E-state index in [4.69, 9.17) is 14.2 Å². The van der Waals surface area contributed by atoms with Gasteiger partial charge in [0.15, 0.2) is 0 Å². The number of aliphatic hydroxyl groups excluding tert-OH is 1. The quantitative estimate of drug-likeness (QED) is 0.260. The second-order valence-electron chi connectivity index (χ2n) is 10.8. The number of nitrogens with one attached hydrogen (secondary N) is 2. The molecule has 238 valence electrons. The lowest BCUT2D eigenvalue weighted by atomic mass is 9.88. The van der Waals surface area contributed by atoms with Gasteiger partial charge in [0.1, 0.15) is 18.5 Å². The van der Waals surface area contributed by atoms with Gasteiger partial charge in [0.05, 0.1) is 29.1 Å². The molecule has 44 heavy (non-hydrogen) atoms. The molecule has 15 heteroatoms. The van der Waals surface area contributed by atoms with Crippen molar-refractivity contribution in [3.63, 3.8) is 0 Å². The highest BCUT2D eigenvalue weighted by Crippen LogP contribution is 2.37. The third-order valence-electron chi connectivity index (χ3n) is 7.93. The molecule has 0 saturated carbocycles. The Morgan fingerprint density at radius 1 is 1.05 bits per heavy atom. The Balaban J connectivity index is 1.10. The lowest BCUT2D eigenvalue weighted by Gasteiger charge is -2.38. The van der Waals surface area contributed by atoms with E-state index in [1.165, 1.54) is 30.6 Å². The summed E-state index contributed by atoms with van der Waals surface area (Å²) in [5.41, 5.74) is 0.953. The molecule has 2 atom stereocenters. The topological polar surface area (TPSA) is 169 Å². The Labute approximate surface area is 257 Å². The Hall–Kier alpha value is -3.18. The van der Waals surface area contributed by atoms with Crippen LogP contribution in [0.4, 0.5) is 0 Å². The van der Waals surface area contributed by atoms with E-state index >= 15 is 0 Å². The molecule has 1 unspecified atom stereocenters. The second kappa shape index (κ2) is 13.4. The first kappa shape index (κ1) is 32.2. The van der Waals surface area contributed by atoms with Crippen LogP contribution in [-0.2, 0) is 24.8 Å². The summed E-state index contributed by atoms with van der Waals surface area (Å²) in [5.74, 6) is 0.340. The molecule has 3 N–H and O–H groups in total. The van der Waals surface area contributed by atoms with Crippen LogP contribution in [0.15, 0.2) is 70.7 Å². The lowest BCUT2D eigenvalue weighted by Crippen LogP contribution is -2.47. The highest BCUT2D eigenvalue weighted by Gasteiger charge is 2.44. The molecule has 1 aromatic heterocycles. The van der Waals surface area contributed by atoms with Gasteiger partial charge in [-0.1, -0.05) is 18.2 Å². The van der Waals surface area contributed by atoms with E-state index in [9.17, 15) is 21.9 Å². The highest BCUT2D eigenvalue weighted by molar-refractivity contribution is 7.89. The van der Waals surface area contributed by atoms with Crippen molar-refractivity contribution >= 4 is 20.0 Å². The van der Waals surface area contributed by atoms with Crippen LogP contribution in [0.2, 0.25) is 0 Å². The molecule has 2 aliphatic rings. The summed E-state index contributed by atoms with van der Waals surface area (Å²) in [6, 6.07) is 13.0. The van der Waals surface area contributed by atoms with E-state index in [0.29, 0.717) is 55.8 Å². The predicted octanol–water partition coefficient (Wildman–Crippen LogP) is 1.40. The summed E-state index contributed by atoms with van der Waals surface area (Å²) >= 11 is 0. The van der Waals surface area contributed by atoms with E-state index in [1.54, 1.807) is 42.7 Å². The van der Waals surface area contributed by atoms with E-state index in [2.05, 4.69) is 20.0 Å². The van der Waals surface area contributed by atoms with Crippen molar-refractivity contribution in [2.45, 2.75) is 46.8 Å². The number of aromatic nitrogens is 2. The minimum absolute atomic E-state index is 0.000281. The summed E-state index contributed by atoms with van der Waals surface area (Å²) in [4.78, 5) is 8.50. The number of benzene rings is 2. The van der Waals surface area contributed by atoms with Gasteiger partial charge in [-0.25, -0.2) is 31.5 Å². The lowest BCUT2D eigenvalue weighted by molar-refractivity contribution is -0.0312. The van der Waals surface area contributed by atoms with Gasteiger partial charge in [0.25, 0.3) is 0 Å². The van der Waals surface area contributed by atoms with E-state index in [1.807, 2.05) is 6.07 Å². The van der Waals surface area contributed by atoms with Crippen molar-refractivity contribution in [2.24, 2.45) is 0 Å². The number of hydrogen-bond donors (Lipinski definition) is 3. The van der Waals surface area contributed by atoms with Gasteiger partial charge in [-0.05, 0) is 56.1 Å². The molecule has 0 amide bonds. The van der Waals surface area contributed by atoms with Crippen LogP contribution in [0.5, 0.6) is 11.8 Å². The summed E-state index contributed by atoms with van der Waals surface area (Å²) in [6.07, 6.45) is 4.18. The van der Waals surface area contributed by atoms with Gasteiger partial charge >= 0.3 is 6.01 Å². The average molecular weight is 648 g/mol. The fourth-order valence-corrected chi connectivity index (χ4v) is 7.67. The first-order valence-corrected chi connectivity index (χ1v) is 17.1. The first-order chi connectivity index (χ1) is 21.0. The number of hydrogen-bond acceptors (Lipinski definition) is 11. The standard InChI is InChI=1S/C29H37N5O8S2/c1-30-43(36,37)26-7-4-6-25(14-26)41-20-24(35)18-31-23-15-29(42-19-23)9-11-34(12-10-29)44(38,39)27-8-3-5-21(13-27)22-16-32-28(40-2)33-17-22/h3-8,13-14,16-17,23-24,30-31,35H,9-12,15,18-20H2,1-2H3/t23?,24-/m0/s1. The molecule has 2 saturated heterocycles. The molecule has 5 rings (SSSR count). The number of ether oxygens (including phenoxy) is 3. The Kier molecular flexibility index (Phi) is 9.84. The maximum atomic E-state index is 13.5. The third kappa shape index (κ3) is 7.37. The largest absolute Gasteiger partial charge is 0.491 e. The first-order valence-electron chi connectivity index (χ1n) is 14.2. The van der Waals surface area contributed by atoms with Gasteiger partial charge in [-0.2, -0.15) is 4.31 Å². The van der Waals surface area contributed by atoms with Crippen LogP contribution in [-0.4, -0.2) is 101 Å². The Morgan fingerprint density at radius 2 is 1.75 bits per heavy atom. The van der Waals surface area contributed by atoms with E-state index < -0.39 is 31.8 Å². The van der Waals surface area contributed by atoms with E-state index in [0.717, 1.165) is 0 Å². The molecule has 0 bridgehead atoms. The van der Waals surface area contributed by atoms with Crippen LogP contribution in [0.3, 0.4) is 0 Å². The van der Waals surface area contributed by atoms with Crippen molar-refractivity contribution in [3.05, 3.63) is 60.9 Å². The number of sulfonamides is 2. The van der Waals surface area contributed by atoms with Crippen LogP contribution in [0.1, 0.15) is 19.3 Å². The maximum Gasteiger partial charge on any atom is 0.316 e. The van der Waals surface area contributed by atoms with Crippen molar-refractivity contribution in [1.29, 1.82) is 0 Å². The molecular formula is C29H37N5O8S2. The van der Waals surface area contributed by atoms with Gasteiger partial charge in [-0.15, -0.1) is 0 Å². The molecule has 0 radical (unpaired) electrons. The average Bonchev–Trinajstić information content (AvgIpc) is 3.45. The summed E-state index contributed by atoms with van der Waals surface area (Å²) in [6.45, 7) is 1.37. The smallest absolute Gasteiger partial charge is 0.316 e. The minimum Gasteiger partial charge on any atom is -0.491 e. The number of aliphatic hydroxyl groups is 1. The van der Waals surface area contributed by atoms with Gasteiger partial charge in [0.2, 0.25) is 20.0 Å². The summed E-state index contributed by atoms with van der Waals surface area (Å²) in [7, 11) is -4.50. The number of piperidine rings is 1. The molecule has 13 nitrogen and oxygen atoms in total. The van der Waals surface area contributed by atoms with Crippen LogP contribution < -0.4 is 19.5 Å². The van der Waals surface area contributed by atoms with Crippen molar-refractivity contribution in [2.75, 3.05) is 47.0 Å². The van der Waals surface area contributed by atoms with Gasteiger partial charge < -0.3 is 24.6 Å². The number of methoxy groups -OCH3 is 1. The second-order valence-corrected chi connectivity index (χ2v) is 14.7. The molecule has 1 spiro atoms. The Bertz CT molecular complexity index is 1650. The zero-order chi connectivity index (χ0) is 31.4. The minimum atomic E-state index is -3.72. The molecule has 2 aliphatic heterocycles. The predicted molar refractivity (Wildman–Crippen MR) is 161 cm³/mol. The van der Waals surface area contributed by atoms with E-state index in [-0.39, 0.29) is 35.0 Å². The number of nitrogens with zero attached hydrogens (tertiary/aromatic N) is 3. The summed E-state index contributed by atoms with van der Waals surface area (Å²) in [5, 5.41) is 13.8. The third-order valence-corrected chi connectivity index (χ3v) is 11.2. The van der Waals surface area contributed by atoms with Crippen LogP contribution in [0.25, 0.3) is 11.1 Å². The van der Waals surface area contributed by atoms with Crippen molar-refractivity contribution < 1.29 is 36.2 Å². The number of rotatable bonds is 12. The Morgan fingerprint density at radius 3 is 2.45 bits per heavy atom. The molecular weight excluding hydrogens is 610 g/mol. The summed E-state index contributed by atoms with van der Waals surface area (Å²) < 4.78 is 71.6. The fraction of sp³-hybridized carbons (Fsp3) is 0.448. The molecule has 2 fully saturated rings. The SMILES string of the molecule is CNS(=O)(=O)c1cccc(OC[C@@H](O)CNC2COC3(CCN(S(=O)(=O)c4cccc(-c5cnc(OC)nc5)c4)CC3)C2)c1. The normalized spacial score (nSPS) is 19.6. The molecule has 2 aromatic carbocycles. The monoisotopic (exact) mass is 647 g/mol. The fourth-order valence-electron chi connectivity index (χ4n) is 5.42. The van der Waals surface area contributed by atoms with Gasteiger partial charge in [-0.3, -0.25) is 0 Å². The molecule has 3 aromatic rings. The van der Waals surface area contributed by atoms with Crippen LogP contribution >= 0.6 is 0 Å². The van der Waals surface area contributed by atoms with Crippen molar-refractivity contribution in [3.8, 4) is 22.9 Å².